The minimum atomic E-state index is -3.48. The first-order valence-electron chi connectivity index (χ1n) is 9.12. The SMILES string of the molecule is Cc1ccc(NC(=S)Nc2ccc(C)c(S(=O)(=O)N3CCCCC3)c2)cc1. The smallest absolute Gasteiger partial charge is 0.243 e. The molecule has 7 heteroatoms. The summed E-state index contributed by atoms with van der Waals surface area (Å²) in [4.78, 5) is 0.340. The summed E-state index contributed by atoms with van der Waals surface area (Å²) in [6.45, 7) is 5.03. The van der Waals surface area contributed by atoms with E-state index in [4.69, 9.17) is 12.2 Å². The highest BCUT2D eigenvalue weighted by atomic mass is 32.2. The van der Waals surface area contributed by atoms with Crippen molar-refractivity contribution in [1.29, 1.82) is 0 Å². The lowest BCUT2D eigenvalue weighted by Gasteiger charge is -2.26. The van der Waals surface area contributed by atoms with Gasteiger partial charge in [-0.05, 0) is 68.7 Å². The zero-order chi connectivity index (χ0) is 19.4. The predicted octanol–water partition coefficient (Wildman–Crippen LogP) is 4.29. The molecule has 27 heavy (non-hydrogen) atoms. The molecule has 0 aromatic heterocycles. The zero-order valence-electron chi connectivity index (χ0n) is 15.7. The summed E-state index contributed by atoms with van der Waals surface area (Å²) < 4.78 is 27.6. The van der Waals surface area contributed by atoms with Crippen molar-refractivity contribution in [3.63, 3.8) is 0 Å². The van der Waals surface area contributed by atoms with Crippen molar-refractivity contribution in [3.8, 4) is 0 Å². The molecule has 0 spiro atoms. The molecular weight excluding hydrogens is 378 g/mol. The first kappa shape index (κ1) is 19.8. The van der Waals surface area contributed by atoms with Gasteiger partial charge in [0, 0.05) is 24.5 Å². The summed E-state index contributed by atoms with van der Waals surface area (Å²) in [6, 6.07) is 13.2. The molecule has 1 aliphatic rings. The van der Waals surface area contributed by atoms with Crippen molar-refractivity contribution >= 4 is 38.7 Å². The fourth-order valence-electron chi connectivity index (χ4n) is 3.13. The molecule has 1 aliphatic heterocycles. The molecule has 3 rings (SSSR count). The fourth-order valence-corrected chi connectivity index (χ4v) is 5.13. The van der Waals surface area contributed by atoms with Gasteiger partial charge in [-0.3, -0.25) is 0 Å². The second-order valence-corrected chi connectivity index (χ2v) is 9.20. The van der Waals surface area contributed by atoms with Gasteiger partial charge in [-0.1, -0.05) is 30.2 Å². The molecule has 2 N–H and O–H groups in total. The predicted molar refractivity (Wildman–Crippen MR) is 115 cm³/mol. The molecule has 0 unspecified atom stereocenters. The van der Waals surface area contributed by atoms with Crippen LogP contribution in [0.4, 0.5) is 11.4 Å². The van der Waals surface area contributed by atoms with Crippen molar-refractivity contribution in [2.24, 2.45) is 0 Å². The fraction of sp³-hybridized carbons (Fsp3) is 0.350. The zero-order valence-corrected chi connectivity index (χ0v) is 17.3. The first-order valence-corrected chi connectivity index (χ1v) is 11.0. The normalized spacial score (nSPS) is 15.3. The van der Waals surface area contributed by atoms with Gasteiger partial charge in [-0.15, -0.1) is 0 Å². The molecule has 5 nitrogen and oxygen atoms in total. The van der Waals surface area contributed by atoms with Crippen molar-refractivity contribution in [1.82, 2.24) is 4.31 Å². The third kappa shape index (κ3) is 4.86. The maximum absolute atomic E-state index is 13.0. The second kappa shape index (κ2) is 8.37. The maximum atomic E-state index is 13.0. The highest BCUT2D eigenvalue weighted by Gasteiger charge is 2.27. The summed E-state index contributed by atoms with van der Waals surface area (Å²) >= 11 is 5.36. The standard InChI is InChI=1S/C20H25N3O2S2/c1-15-6-9-17(10-7-15)21-20(26)22-18-11-8-16(2)19(14-18)27(24,25)23-12-4-3-5-13-23/h6-11,14H,3-5,12-13H2,1-2H3,(H2,21,22,26). The van der Waals surface area contributed by atoms with Crippen molar-refractivity contribution in [2.45, 2.75) is 38.0 Å². The molecule has 0 saturated carbocycles. The summed E-state index contributed by atoms with van der Waals surface area (Å²) in [5.41, 5.74) is 3.45. The third-order valence-corrected chi connectivity index (χ3v) is 6.93. The van der Waals surface area contributed by atoms with Crippen LogP contribution in [0.2, 0.25) is 0 Å². The number of aryl methyl sites for hydroxylation is 2. The van der Waals surface area contributed by atoms with Crippen LogP contribution >= 0.6 is 12.2 Å². The molecule has 0 aliphatic carbocycles. The highest BCUT2D eigenvalue weighted by Crippen LogP contribution is 2.26. The summed E-state index contributed by atoms with van der Waals surface area (Å²) in [5.74, 6) is 0. The molecule has 144 valence electrons. The van der Waals surface area contributed by atoms with E-state index in [-0.39, 0.29) is 0 Å². The molecule has 0 bridgehead atoms. The Morgan fingerprint density at radius 3 is 2.19 bits per heavy atom. The monoisotopic (exact) mass is 403 g/mol. The number of benzene rings is 2. The van der Waals surface area contributed by atoms with Crippen LogP contribution in [0, 0.1) is 13.8 Å². The maximum Gasteiger partial charge on any atom is 0.243 e. The van der Waals surface area contributed by atoms with E-state index in [2.05, 4.69) is 10.6 Å². The first-order chi connectivity index (χ1) is 12.9. The number of piperidine rings is 1. The van der Waals surface area contributed by atoms with E-state index in [1.807, 2.05) is 50.2 Å². The Balaban J connectivity index is 1.76. The van der Waals surface area contributed by atoms with Gasteiger partial charge in [-0.2, -0.15) is 4.31 Å². The summed E-state index contributed by atoms with van der Waals surface area (Å²) in [5, 5.41) is 6.62. The number of thiocarbonyl (C=S) groups is 1. The number of nitrogens with zero attached hydrogens (tertiary/aromatic N) is 1. The van der Waals surface area contributed by atoms with Crippen LogP contribution in [0.15, 0.2) is 47.4 Å². The van der Waals surface area contributed by atoms with E-state index in [1.54, 1.807) is 10.4 Å². The minimum Gasteiger partial charge on any atom is -0.332 e. The Labute approximate surface area is 166 Å². The van der Waals surface area contributed by atoms with Crippen LogP contribution in [-0.2, 0) is 10.0 Å². The number of anilines is 2. The van der Waals surface area contributed by atoms with Gasteiger partial charge in [0.1, 0.15) is 0 Å². The lowest BCUT2D eigenvalue weighted by atomic mass is 10.2. The van der Waals surface area contributed by atoms with E-state index in [1.165, 1.54) is 5.56 Å². The van der Waals surface area contributed by atoms with Crippen molar-refractivity contribution in [2.75, 3.05) is 23.7 Å². The second-order valence-electron chi connectivity index (χ2n) is 6.89. The van der Waals surface area contributed by atoms with Crippen LogP contribution in [0.3, 0.4) is 0 Å². The molecule has 0 amide bonds. The third-order valence-electron chi connectivity index (χ3n) is 4.69. The Bertz CT molecular complexity index is 919. The average Bonchev–Trinajstić information content (AvgIpc) is 2.66. The number of sulfonamides is 1. The van der Waals surface area contributed by atoms with Gasteiger partial charge in [0.2, 0.25) is 10.0 Å². The number of nitrogens with one attached hydrogen (secondary N) is 2. The van der Waals surface area contributed by atoms with E-state index in [9.17, 15) is 8.42 Å². The van der Waals surface area contributed by atoms with Crippen LogP contribution in [-0.4, -0.2) is 30.9 Å². The largest absolute Gasteiger partial charge is 0.332 e. The van der Waals surface area contributed by atoms with Gasteiger partial charge in [-0.25, -0.2) is 8.42 Å². The van der Waals surface area contributed by atoms with Gasteiger partial charge >= 0.3 is 0 Å². The quantitative estimate of drug-likeness (QED) is 0.746. The Kier molecular flexibility index (Phi) is 6.14. The van der Waals surface area contributed by atoms with Crippen LogP contribution in [0.1, 0.15) is 30.4 Å². The Morgan fingerprint density at radius 2 is 1.52 bits per heavy atom. The molecule has 1 heterocycles. The number of hydrogen-bond donors (Lipinski definition) is 2. The highest BCUT2D eigenvalue weighted by molar-refractivity contribution is 7.89. The molecule has 1 fully saturated rings. The molecule has 0 radical (unpaired) electrons. The Morgan fingerprint density at radius 1 is 0.926 bits per heavy atom. The summed E-state index contributed by atoms with van der Waals surface area (Å²) in [7, 11) is -3.48. The number of rotatable bonds is 4. The van der Waals surface area contributed by atoms with Gasteiger partial charge in [0.05, 0.1) is 4.90 Å². The summed E-state index contributed by atoms with van der Waals surface area (Å²) in [6.07, 6.45) is 2.92. The number of hydrogen-bond acceptors (Lipinski definition) is 3. The lowest BCUT2D eigenvalue weighted by molar-refractivity contribution is 0.346. The van der Waals surface area contributed by atoms with Gasteiger partial charge in [0.15, 0.2) is 5.11 Å². The molecule has 2 aromatic rings. The van der Waals surface area contributed by atoms with E-state index in [0.29, 0.717) is 28.8 Å². The Hall–Kier alpha value is -1.96. The van der Waals surface area contributed by atoms with Gasteiger partial charge < -0.3 is 10.6 Å². The lowest BCUT2D eigenvalue weighted by Crippen LogP contribution is -2.36. The van der Waals surface area contributed by atoms with E-state index < -0.39 is 10.0 Å². The van der Waals surface area contributed by atoms with Crippen molar-refractivity contribution in [3.05, 3.63) is 53.6 Å². The minimum absolute atomic E-state index is 0.340. The molecular formula is C20H25N3O2S2. The average molecular weight is 404 g/mol. The van der Waals surface area contributed by atoms with Crippen LogP contribution in [0.5, 0.6) is 0 Å². The van der Waals surface area contributed by atoms with Crippen molar-refractivity contribution < 1.29 is 8.42 Å². The van der Waals surface area contributed by atoms with Crippen LogP contribution in [0.25, 0.3) is 0 Å². The topological polar surface area (TPSA) is 61.4 Å². The van der Waals surface area contributed by atoms with E-state index >= 15 is 0 Å². The van der Waals surface area contributed by atoms with Crippen LogP contribution < -0.4 is 10.6 Å². The molecule has 2 aromatic carbocycles. The van der Waals surface area contributed by atoms with E-state index in [0.717, 1.165) is 30.5 Å². The molecule has 1 saturated heterocycles. The van der Waals surface area contributed by atoms with Gasteiger partial charge in [0.25, 0.3) is 0 Å². The molecule has 0 atom stereocenters.